The van der Waals surface area contributed by atoms with Crippen LogP contribution >= 0.6 is 0 Å². The summed E-state index contributed by atoms with van der Waals surface area (Å²) < 4.78 is 43.4. The molecule has 27 heavy (non-hydrogen) atoms. The molecule has 0 saturated carbocycles. The van der Waals surface area contributed by atoms with E-state index in [1.54, 1.807) is 36.4 Å². The van der Waals surface area contributed by atoms with Gasteiger partial charge in [0.15, 0.2) is 0 Å². The Bertz CT molecular complexity index is 916. The molecule has 1 aliphatic heterocycles. The Morgan fingerprint density at radius 3 is 2.70 bits per heavy atom. The smallest absolute Gasteiger partial charge is 0.242 e. The Hall–Kier alpha value is -2.45. The number of benzene rings is 2. The van der Waals surface area contributed by atoms with Crippen molar-refractivity contribution in [1.82, 2.24) is 4.31 Å². The number of halogens is 1. The number of hydrogen-bond acceptors (Lipinski definition) is 4. The summed E-state index contributed by atoms with van der Waals surface area (Å²) in [5.41, 5.74) is 1.34. The van der Waals surface area contributed by atoms with Gasteiger partial charge in [-0.15, -0.1) is 0 Å². The summed E-state index contributed by atoms with van der Waals surface area (Å²) in [6, 6.07) is 12.2. The lowest BCUT2D eigenvalue weighted by Gasteiger charge is -2.21. The fourth-order valence-electron chi connectivity index (χ4n) is 3.04. The van der Waals surface area contributed by atoms with Gasteiger partial charge in [0.2, 0.25) is 15.9 Å². The van der Waals surface area contributed by atoms with Crippen LogP contribution in [0, 0.1) is 5.82 Å². The Balaban J connectivity index is 1.63. The van der Waals surface area contributed by atoms with Gasteiger partial charge >= 0.3 is 0 Å². The van der Waals surface area contributed by atoms with Gasteiger partial charge in [-0.2, -0.15) is 4.31 Å². The van der Waals surface area contributed by atoms with E-state index >= 15 is 0 Å². The van der Waals surface area contributed by atoms with E-state index in [4.69, 9.17) is 4.74 Å². The average Bonchev–Trinajstić information content (AvgIpc) is 3.12. The van der Waals surface area contributed by atoms with Crippen molar-refractivity contribution >= 4 is 21.6 Å². The molecule has 1 aliphatic rings. The molecule has 1 heterocycles. The van der Waals surface area contributed by atoms with Crippen molar-refractivity contribution in [3.8, 4) is 5.75 Å². The van der Waals surface area contributed by atoms with Crippen molar-refractivity contribution in [1.29, 1.82) is 0 Å². The third kappa shape index (κ3) is 5.05. The van der Waals surface area contributed by atoms with E-state index in [1.807, 2.05) is 0 Å². The average molecular weight is 392 g/mol. The first-order valence-corrected chi connectivity index (χ1v) is 10.4. The first-order chi connectivity index (χ1) is 12.8. The van der Waals surface area contributed by atoms with Crippen LogP contribution in [0.5, 0.6) is 5.75 Å². The highest BCUT2D eigenvalue weighted by Gasteiger charge is 2.36. The van der Waals surface area contributed by atoms with Crippen molar-refractivity contribution in [2.45, 2.75) is 25.5 Å². The van der Waals surface area contributed by atoms with Crippen LogP contribution < -0.4 is 10.1 Å². The zero-order valence-corrected chi connectivity index (χ0v) is 15.7. The van der Waals surface area contributed by atoms with Crippen molar-refractivity contribution in [3.05, 3.63) is 59.9 Å². The monoisotopic (exact) mass is 392 g/mol. The highest BCUT2D eigenvalue weighted by Crippen LogP contribution is 2.23. The summed E-state index contributed by atoms with van der Waals surface area (Å²) in [5, 5.41) is 2.76. The SMILES string of the molecule is CS(=O)(=O)N1CCCC1C(=O)Nc1cccc(OCc2ccc(F)cc2)c1. The second-order valence-corrected chi connectivity index (χ2v) is 8.40. The molecule has 1 amide bonds. The molecule has 1 saturated heterocycles. The molecule has 8 heteroatoms. The van der Waals surface area contributed by atoms with Crippen molar-refractivity contribution in [3.63, 3.8) is 0 Å². The minimum atomic E-state index is -3.42. The molecule has 6 nitrogen and oxygen atoms in total. The van der Waals surface area contributed by atoms with Crippen LogP contribution in [0.3, 0.4) is 0 Å². The molecule has 0 aromatic heterocycles. The summed E-state index contributed by atoms with van der Waals surface area (Å²) in [6.07, 6.45) is 2.27. The summed E-state index contributed by atoms with van der Waals surface area (Å²) in [5.74, 6) is -0.115. The number of hydrogen-bond donors (Lipinski definition) is 1. The lowest BCUT2D eigenvalue weighted by molar-refractivity contribution is -0.119. The zero-order chi connectivity index (χ0) is 19.4. The topological polar surface area (TPSA) is 75.7 Å². The Morgan fingerprint density at radius 1 is 1.26 bits per heavy atom. The second-order valence-electron chi connectivity index (χ2n) is 6.46. The first kappa shape index (κ1) is 19.3. The number of carbonyl (C=O) groups excluding carboxylic acids is 1. The largest absolute Gasteiger partial charge is 0.489 e. The minimum Gasteiger partial charge on any atom is -0.489 e. The van der Waals surface area contributed by atoms with Gasteiger partial charge in [0.05, 0.1) is 6.26 Å². The molecule has 1 fully saturated rings. The Kier molecular flexibility index (Phi) is 5.76. The van der Waals surface area contributed by atoms with Gasteiger partial charge in [-0.1, -0.05) is 18.2 Å². The molecule has 0 bridgehead atoms. The second kappa shape index (κ2) is 8.06. The van der Waals surface area contributed by atoms with Crippen LogP contribution in [0.15, 0.2) is 48.5 Å². The van der Waals surface area contributed by atoms with Gasteiger partial charge in [0.1, 0.15) is 24.2 Å². The molecule has 1 unspecified atom stereocenters. The van der Waals surface area contributed by atoms with E-state index in [9.17, 15) is 17.6 Å². The number of carbonyl (C=O) groups is 1. The van der Waals surface area contributed by atoms with Gasteiger partial charge in [0.25, 0.3) is 0 Å². The summed E-state index contributed by atoms with van der Waals surface area (Å²) in [7, 11) is -3.42. The number of sulfonamides is 1. The Labute approximate surface area is 158 Å². The van der Waals surface area contributed by atoms with E-state index in [0.29, 0.717) is 30.8 Å². The highest BCUT2D eigenvalue weighted by molar-refractivity contribution is 7.88. The van der Waals surface area contributed by atoms with E-state index in [-0.39, 0.29) is 18.3 Å². The molecule has 3 rings (SSSR count). The summed E-state index contributed by atoms with van der Waals surface area (Å²) >= 11 is 0. The first-order valence-electron chi connectivity index (χ1n) is 8.58. The fraction of sp³-hybridized carbons (Fsp3) is 0.316. The van der Waals surface area contributed by atoms with E-state index in [0.717, 1.165) is 11.8 Å². The van der Waals surface area contributed by atoms with E-state index in [2.05, 4.69) is 5.32 Å². The van der Waals surface area contributed by atoms with Gasteiger partial charge in [0, 0.05) is 18.3 Å². The van der Waals surface area contributed by atoms with Gasteiger partial charge < -0.3 is 10.1 Å². The number of amides is 1. The van der Waals surface area contributed by atoms with Crippen molar-refractivity contribution in [2.24, 2.45) is 0 Å². The summed E-state index contributed by atoms with van der Waals surface area (Å²) in [4.78, 5) is 12.5. The van der Waals surface area contributed by atoms with Gasteiger partial charge in [-0.25, -0.2) is 12.8 Å². The summed E-state index contributed by atoms with van der Waals surface area (Å²) in [6.45, 7) is 0.625. The Morgan fingerprint density at radius 2 is 2.00 bits per heavy atom. The molecule has 1 N–H and O–H groups in total. The molecule has 2 aromatic carbocycles. The molecular weight excluding hydrogens is 371 g/mol. The highest BCUT2D eigenvalue weighted by atomic mass is 32.2. The maximum atomic E-state index is 12.9. The van der Waals surface area contributed by atoms with Gasteiger partial charge in [-0.3, -0.25) is 4.79 Å². The maximum Gasteiger partial charge on any atom is 0.242 e. The van der Waals surface area contributed by atoms with E-state index < -0.39 is 16.1 Å². The predicted octanol–water partition coefficient (Wildman–Crippen LogP) is 2.77. The quantitative estimate of drug-likeness (QED) is 0.820. The maximum absolute atomic E-state index is 12.9. The number of nitrogens with one attached hydrogen (secondary N) is 1. The van der Waals surface area contributed by atoms with Crippen molar-refractivity contribution in [2.75, 3.05) is 18.1 Å². The lowest BCUT2D eigenvalue weighted by atomic mass is 10.2. The number of anilines is 1. The molecule has 2 aromatic rings. The normalized spacial score (nSPS) is 17.6. The minimum absolute atomic E-state index is 0.266. The fourth-order valence-corrected chi connectivity index (χ4v) is 4.16. The predicted molar refractivity (Wildman–Crippen MR) is 100 cm³/mol. The molecule has 144 valence electrons. The van der Waals surface area contributed by atoms with Crippen LogP contribution in [-0.2, 0) is 21.4 Å². The molecule has 1 atom stereocenters. The van der Waals surface area contributed by atoms with Crippen molar-refractivity contribution < 1.29 is 22.3 Å². The van der Waals surface area contributed by atoms with Crippen LogP contribution in [-0.4, -0.2) is 37.5 Å². The number of nitrogens with zero attached hydrogens (tertiary/aromatic N) is 1. The molecular formula is C19H21FN2O4S. The van der Waals surface area contributed by atoms with Crippen LogP contribution in [0.1, 0.15) is 18.4 Å². The van der Waals surface area contributed by atoms with Gasteiger partial charge in [-0.05, 0) is 42.7 Å². The molecule has 0 radical (unpaired) electrons. The third-order valence-electron chi connectivity index (χ3n) is 4.35. The molecule has 0 aliphatic carbocycles. The number of ether oxygens (including phenoxy) is 1. The number of rotatable bonds is 6. The van der Waals surface area contributed by atoms with E-state index in [1.165, 1.54) is 16.4 Å². The third-order valence-corrected chi connectivity index (χ3v) is 5.64. The molecule has 0 spiro atoms. The van der Waals surface area contributed by atoms with Crippen LogP contribution in [0.4, 0.5) is 10.1 Å². The standard InChI is InChI=1S/C19H21FN2O4S/c1-27(24,25)22-11-3-6-18(22)19(23)21-16-4-2-5-17(12-16)26-13-14-7-9-15(20)10-8-14/h2,4-5,7-10,12,18H,3,6,11,13H2,1H3,(H,21,23). The van der Waals surface area contributed by atoms with Crippen LogP contribution in [0.25, 0.3) is 0 Å². The zero-order valence-electron chi connectivity index (χ0n) is 14.9. The van der Waals surface area contributed by atoms with Crippen LogP contribution in [0.2, 0.25) is 0 Å². The lowest BCUT2D eigenvalue weighted by Crippen LogP contribution is -2.42.